The van der Waals surface area contributed by atoms with Crippen LogP contribution in [0.2, 0.25) is 11.1 Å². The van der Waals surface area contributed by atoms with Crippen molar-refractivity contribution in [2.75, 3.05) is 0 Å². The lowest BCUT2D eigenvalue weighted by atomic mass is 10.1. The van der Waals surface area contributed by atoms with Gasteiger partial charge in [0.15, 0.2) is 8.32 Å². The number of hydrogen-bond acceptors (Lipinski definition) is 3. The maximum atomic E-state index is 12.0. The molecule has 0 aliphatic heterocycles. The van der Waals surface area contributed by atoms with Crippen LogP contribution in [0, 0.1) is 0 Å². The second-order valence-electron chi connectivity index (χ2n) is 7.24. The Bertz CT molecular complexity index is 743. The minimum atomic E-state index is -2.44. The molecule has 0 saturated heterocycles. The molecule has 0 aromatic heterocycles. The summed E-state index contributed by atoms with van der Waals surface area (Å²) >= 11 is 0. The van der Waals surface area contributed by atoms with Gasteiger partial charge in [0, 0.05) is 6.08 Å². The van der Waals surface area contributed by atoms with Crippen LogP contribution in [0.15, 0.2) is 60.7 Å². The van der Waals surface area contributed by atoms with E-state index < -0.39 is 14.3 Å². The van der Waals surface area contributed by atoms with Gasteiger partial charge in [-0.1, -0.05) is 70.2 Å². The molecule has 4 heteroatoms. The van der Waals surface area contributed by atoms with Gasteiger partial charge < -0.3 is 9.53 Å². The molecule has 0 aliphatic carbocycles. The highest BCUT2D eigenvalue weighted by Gasteiger charge is 2.38. The summed E-state index contributed by atoms with van der Waals surface area (Å²) in [6.07, 6.45) is 3.22. The Hall–Kier alpha value is -2.17. The zero-order valence-corrected chi connectivity index (χ0v) is 17.0. The van der Waals surface area contributed by atoms with Gasteiger partial charge in [0.1, 0.15) is 5.75 Å². The average Bonchev–Trinajstić information content (AvgIpc) is 2.61. The van der Waals surface area contributed by atoms with Crippen molar-refractivity contribution in [1.29, 1.82) is 0 Å². The topological polar surface area (TPSA) is 46.5 Å². The summed E-state index contributed by atoms with van der Waals surface area (Å²) in [6.45, 7) is 8.40. The number of carbonyl (C=O) groups is 1. The third kappa shape index (κ3) is 5.16. The van der Waals surface area contributed by atoms with E-state index in [0.29, 0.717) is 11.8 Å². The molecule has 0 fully saturated rings. The number of rotatable bonds is 7. The normalized spacial score (nSPS) is 12.1. The summed E-state index contributed by atoms with van der Waals surface area (Å²) in [5.74, 6) is 0.114. The highest BCUT2D eigenvalue weighted by molar-refractivity contribution is 6.74. The number of esters is 1. The van der Waals surface area contributed by atoms with Gasteiger partial charge in [-0.25, -0.2) is 4.79 Å². The van der Waals surface area contributed by atoms with E-state index in [2.05, 4.69) is 27.7 Å². The predicted molar refractivity (Wildman–Crippen MR) is 109 cm³/mol. The monoisotopic (exact) mass is 368 g/mol. The van der Waals surface area contributed by atoms with Crippen LogP contribution in [0.5, 0.6) is 5.75 Å². The molecule has 0 unspecified atom stereocenters. The third-order valence-corrected chi connectivity index (χ3v) is 9.84. The maximum absolute atomic E-state index is 12.0. The molecule has 0 radical (unpaired) electrons. The van der Waals surface area contributed by atoms with Crippen LogP contribution in [0.1, 0.15) is 38.8 Å². The first kappa shape index (κ1) is 20.1. The quantitative estimate of drug-likeness (QED) is 0.318. The summed E-state index contributed by atoms with van der Waals surface area (Å²) in [4.78, 5) is 23.3. The van der Waals surface area contributed by atoms with Crippen molar-refractivity contribution >= 4 is 20.4 Å². The molecule has 0 spiro atoms. The molecule has 1 N–H and O–H groups in total. The van der Waals surface area contributed by atoms with E-state index in [1.165, 1.54) is 6.08 Å². The van der Waals surface area contributed by atoms with Crippen molar-refractivity contribution in [2.24, 2.45) is 0 Å². The summed E-state index contributed by atoms with van der Waals surface area (Å²) in [6, 6.07) is 17.6. The largest absolute Gasteiger partial charge is 0.431 e. The van der Waals surface area contributed by atoms with E-state index in [0.717, 1.165) is 11.1 Å². The number of para-hydroxylation sites is 1. The van der Waals surface area contributed by atoms with E-state index in [4.69, 9.17) is 4.74 Å². The molecule has 138 valence electrons. The van der Waals surface area contributed by atoms with Crippen LogP contribution in [-0.2, 0) is 10.8 Å². The van der Waals surface area contributed by atoms with Gasteiger partial charge in [-0.3, -0.25) is 0 Å². The molecule has 2 aromatic carbocycles. The molecule has 0 atom stereocenters. The van der Waals surface area contributed by atoms with Crippen LogP contribution >= 0.6 is 0 Å². The molecular weight excluding hydrogens is 340 g/mol. The Morgan fingerprint density at radius 3 is 2.19 bits per heavy atom. The highest BCUT2D eigenvalue weighted by atomic mass is 28.4. The van der Waals surface area contributed by atoms with Crippen molar-refractivity contribution in [2.45, 2.75) is 44.8 Å². The van der Waals surface area contributed by atoms with Gasteiger partial charge in [-0.05, 0) is 46.5 Å². The molecule has 0 saturated carbocycles. The Balaban J connectivity index is 2.17. The number of hydrogen-bond donors (Lipinski definition) is 1. The number of ether oxygens (including phenoxy) is 1. The van der Waals surface area contributed by atoms with Gasteiger partial charge in [-0.15, -0.1) is 0 Å². The van der Waals surface area contributed by atoms with Crippen molar-refractivity contribution in [3.63, 3.8) is 0 Å². The Morgan fingerprint density at radius 1 is 1.00 bits per heavy atom. The van der Waals surface area contributed by atoms with Crippen molar-refractivity contribution in [3.05, 3.63) is 71.8 Å². The van der Waals surface area contributed by atoms with Crippen LogP contribution in [-0.4, -0.2) is 19.1 Å². The highest BCUT2D eigenvalue weighted by Crippen LogP contribution is 2.33. The van der Waals surface area contributed by atoms with Gasteiger partial charge in [0.2, 0.25) is 0 Å². The molecule has 26 heavy (non-hydrogen) atoms. The molecule has 2 rings (SSSR count). The van der Waals surface area contributed by atoms with E-state index in [9.17, 15) is 9.59 Å². The smallest absolute Gasteiger partial charge is 0.336 e. The first-order chi connectivity index (χ1) is 12.3. The van der Waals surface area contributed by atoms with Gasteiger partial charge in [0.05, 0.1) is 0 Å². The summed E-state index contributed by atoms with van der Waals surface area (Å²) in [5.41, 5.74) is 2.56. The van der Waals surface area contributed by atoms with E-state index in [-0.39, 0.29) is 11.1 Å². The lowest BCUT2D eigenvalue weighted by molar-refractivity contribution is -0.128. The first-order valence-corrected chi connectivity index (χ1v) is 11.4. The van der Waals surface area contributed by atoms with E-state index in [1.807, 2.05) is 42.5 Å². The summed E-state index contributed by atoms with van der Waals surface area (Å²) in [5, 5.41) is 0. The molecule has 3 nitrogen and oxygen atoms in total. The van der Waals surface area contributed by atoms with Crippen molar-refractivity contribution in [1.82, 2.24) is 0 Å². The van der Waals surface area contributed by atoms with Crippen molar-refractivity contribution < 1.29 is 14.3 Å². The van der Waals surface area contributed by atoms with E-state index in [1.54, 1.807) is 18.2 Å². The molecule has 2 aromatic rings. The number of carbonyl (C=O) groups excluding carboxylic acids is 1. The van der Waals surface area contributed by atoms with Crippen molar-refractivity contribution in [3.8, 4) is 5.75 Å². The summed E-state index contributed by atoms with van der Waals surface area (Å²) in [7, 11) is -2.44. The molecule has 0 amide bonds. The molecule has 0 bridgehead atoms. The molecular formula is C22H28O3Si. The second-order valence-corrected chi connectivity index (χ2v) is 11.9. The Morgan fingerprint density at radius 2 is 1.58 bits per heavy atom. The zero-order chi connectivity index (χ0) is 19.2. The Kier molecular flexibility index (Phi) is 6.95. The van der Waals surface area contributed by atoms with Crippen LogP contribution in [0.3, 0.4) is 0 Å². The van der Waals surface area contributed by atoms with Crippen LogP contribution in [0.25, 0.3) is 6.08 Å². The fourth-order valence-electron chi connectivity index (χ4n) is 3.03. The average molecular weight is 369 g/mol. The zero-order valence-electron chi connectivity index (χ0n) is 16.0. The fourth-order valence-corrected chi connectivity index (χ4v) is 6.12. The van der Waals surface area contributed by atoms with Crippen LogP contribution < -0.4 is 4.74 Å². The second kappa shape index (κ2) is 8.97. The first-order valence-electron chi connectivity index (χ1n) is 9.08. The maximum Gasteiger partial charge on any atom is 0.336 e. The standard InChI is InChI=1S/C22H28O3Si/c1-17(2)26(24,18(3)4)16-20-11-9-8-10-19(20)14-15-22(23)25-21-12-6-5-7-13-21/h5-15,17-18,24H,16H2,1-4H3/b15-14+. The number of benzene rings is 2. The van der Waals surface area contributed by atoms with Crippen LogP contribution in [0.4, 0.5) is 0 Å². The van der Waals surface area contributed by atoms with Gasteiger partial charge in [0.25, 0.3) is 0 Å². The minimum Gasteiger partial charge on any atom is -0.431 e. The minimum absolute atomic E-state index is 0.266. The lowest BCUT2D eigenvalue weighted by Gasteiger charge is -2.33. The SMILES string of the molecule is CC(C)[Si](O)(Cc1ccccc1/C=C/C(=O)Oc1ccccc1)C(C)C. The van der Waals surface area contributed by atoms with E-state index >= 15 is 0 Å². The molecule has 0 aliphatic rings. The third-order valence-electron chi connectivity index (χ3n) is 4.89. The predicted octanol–water partition coefficient (Wildman–Crippen LogP) is 5.14. The summed E-state index contributed by atoms with van der Waals surface area (Å²) < 4.78 is 5.29. The lowest BCUT2D eigenvalue weighted by Crippen LogP contribution is -2.44. The van der Waals surface area contributed by atoms with Gasteiger partial charge >= 0.3 is 5.97 Å². The fraction of sp³-hybridized carbons (Fsp3) is 0.318. The van der Waals surface area contributed by atoms with Gasteiger partial charge in [-0.2, -0.15) is 0 Å². The Labute approximate surface area is 157 Å². The molecule has 0 heterocycles.